The maximum Gasteiger partial charge on any atom is 0.247 e. The van der Waals surface area contributed by atoms with Crippen molar-refractivity contribution in [2.24, 2.45) is 5.92 Å². The van der Waals surface area contributed by atoms with Crippen molar-refractivity contribution in [3.63, 3.8) is 0 Å². The SMILES string of the molecule is CCOc1nc(N)nc2c1ncn2C1CC(CO)C1. The molecule has 0 bridgehead atoms. The molecule has 0 saturated heterocycles. The van der Waals surface area contributed by atoms with Crippen LogP contribution in [0.4, 0.5) is 5.95 Å². The number of nitrogens with zero attached hydrogens (tertiary/aromatic N) is 4. The van der Waals surface area contributed by atoms with Crippen LogP contribution in [0.15, 0.2) is 6.33 Å². The molecule has 3 N–H and O–H groups in total. The zero-order valence-electron chi connectivity index (χ0n) is 10.8. The Balaban J connectivity index is 1.98. The molecule has 7 nitrogen and oxygen atoms in total. The van der Waals surface area contributed by atoms with Gasteiger partial charge in [0.15, 0.2) is 11.2 Å². The number of fused-ring (bicyclic) bond motifs is 1. The van der Waals surface area contributed by atoms with E-state index >= 15 is 0 Å². The van der Waals surface area contributed by atoms with Crippen LogP contribution >= 0.6 is 0 Å². The van der Waals surface area contributed by atoms with E-state index in [1.807, 2.05) is 11.5 Å². The Hall–Kier alpha value is -1.89. The highest BCUT2D eigenvalue weighted by atomic mass is 16.5. The molecule has 19 heavy (non-hydrogen) atoms. The lowest BCUT2D eigenvalue weighted by molar-refractivity contribution is 0.114. The molecule has 3 rings (SSSR count). The predicted octanol–water partition coefficient (Wildman–Crippen LogP) is 0.751. The summed E-state index contributed by atoms with van der Waals surface area (Å²) in [5.74, 6) is 1.01. The van der Waals surface area contributed by atoms with Gasteiger partial charge in [-0.25, -0.2) is 4.98 Å². The predicted molar refractivity (Wildman–Crippen MR) is 69.8 cm³/mol. The number of rotatable bonds is 4. The molecule has 102 valence electrons. The number of aliphatic hydroxyl groups excluding tert-OH is 1. The second kappa shape index (κ2) is 4.65. The van der Waals surface area contributed by atoms with E-state index in [9.17, 15) is 0 Å². The summed E-state index contributed by atoms with van der Waals surface area (Å²) in [6, 6.07) is 0.325. The minimum Gasteiger partial charge on any atom is -0.476 e. The van der Waals surface area contributed by atoms with Gasteiger partial charge in [0.1, 0.15) is 0 Å². The van der Waals surface area contributed by atoms with Crippen LogP contribution in [0, 0.1) is 5.92 Å². The molecule has 1 fully saturated rings. The van der Waals surface area contributed by atoms with Gasteiger partial charge in [0, 0.05) is 12.6 Å². The van der Waals surface area contributed by atoms with Crippen molar-refractivity contribution >= 4 is 17.1 Å². The molecule has 1 aliphatic rings. The Morgan fingerprint density at radius 3 is 2.95 bits per heavy atom. The lowest BCUT2D eigenvalue weighted by Gasteiger charge is -2.34. The fourth-order valence-corrected chi connectivity index (χ4v) is 2.49. The molecule has 0 spiro atoms. The van der Waals surface area contributed by atoms with Crippen LogP contribution in [-0.4, -0.2) is 37.8 Å². The molecule has 0 aliphatic heterocycles. The molecule has 2 heterocycles. The number of anilines is 1. The Labute approximate surface area is 110 Å². The van der Waals surface area contributed by atoms with Crippen molar-refractivity contribution in [3.05, 3.63) is 6.33 Å². The van der Waals surface area contributed by atoms with E-state index < -0.39 is 0 Å². The highest BCUT2D eigenvalue weighted by Gasteiger charge is 2.31. The van der Waals surface area contributed by atoms with Gasteiger partial charge in [-0.15, -0.1) is 0 Å². The topological polar surface area (TPSA) is 99.1 Å². The molecule has 7 heteroatoms. The van der Waals surface area contributed by atoms with Crippen molar-refractivity contribution in [2.75, 3.05) is 18.9 Å². The van der Waals surface area contributed by atoms with E-state index in [2.05, 4.69) is 15.0 Å². The molecule has 0 amide bonds. The third kappa shape index (κ3) is 1.99. The van der Waals surface area contributed by atoms with E-state index in [-0.39, 0.29) is 12.6 Å². The third-order valence-electron chi connectivity index (χ3n) is 3.55. The fourth-order valence-electron chi connectivity index (χ4n) is 2.49. The number of aromatic nitrogens is 4. The summed E-state index contributed by atoms with van der Waals surface area (Å²) in [5.41, 5.74) is 7.06. The van der Waals surface area contributed by atoms with Crippen LogP contribution < -0.4 is 10.5 Å². The molecule has 0 aromatic carbocycles. The zero-order valence-corrected chi connectivity index (χ0v) is 10.8. The summed E-state index contributed by atoms with van der Waals surface area (Å²) in [6.45, 7) is 2.64. The lowest BCUT2D eigenvalue weighted by atomic mass is 9.81. The molecule has 0 atom stereocenters. The summed E-state index contributed by atoms with van der Waals surface area (Å²) in [5, 5.41) is 9.08. The molecule has 1 aliphatic carbocycles. The van der Waals surface area contributed by atoms with Crippen molar-refractivity contribution < 1.29 is 9.84 Å². The number of ether oxygens (including phenoxy) is 1. The van der Waals surface area contributed by atoms with Crippen LogP contribution in [0.1, 0.15) is 25.8 Å². The van der Waals surface area contributed by atoms with Gasteiger partial charge >= 0.3 is 0 Å². The second-order valence-corrected chi connectivity index (χ2v) is 4.82. The van der Waals surface area contributed by atoms with Crippen molar-refractivity contribution in [1.82, 2.24) is 19.5 Å². The maximum absolute atomic E-state index is 9.08. The molecular formula is C12H17N5O2. The summed E-state index contributed by atoms with van der Waals surface area (Å²) >= 11 is 0. The van der Waals surface area contributed by atoms with Gasteiger partial charge in [0.05, 0.1) is 12.9 Å². The first-order valence-corrected chi connectivity index (χ1v) is 6.46. The zero-order chi connectivity index (χ0) is 13.4. The normalized spacial score (nSPS) is 22.4. The van der Waals surface area contributed by atoms with E-state index in [1.165, 1.54) is 0 Å². The molecule has 0 unspecified atom stereocenters. The van der Waals surface area contributed by atoms with E-state index in [0.717, 1.165) is 12.8 Å². The molecular weight excluding hydrogens is 246 g/mol. The summed E-state index contributed by atoms with van der Waals surface area (Å²) in [4.78, 5) is 12.7. The highest BCUT2D eigenvalue weighted by molar-refractivity contribution is 5.77. The number of nitrogen functional groups attached to an aromatic ring is 1. The quantitative estimate of drug-likeness (QED) is 0.844. The number of hydrogen-bond donors (Lipinski definition) is 2. The van der Waals surface area contributed by atoms with Gasteiger partial charge in [0.25, 0.3) is 0 Å². The monoisotopic (exact) mass is 263 g/mol. The van der Waals surface area contributed by atoms with Gasteiger partial charge in [-0.3, -0.25) is 0 Å². The lowest BCUT2D eigenvalue weighted by Crippen LogP contribution is -2.28. The number of hydrogen-bond acceptors (Lipinski definition) is 6. The average molecular weight is 263 g/mol. The fraction of sp³-hybridized carbons (Fsp3) is 0.583. The third-order valence-corrected chi connectivity index (χ3v) is 3.55. The second-order valence-electron chi connectivity index (χ2n) is 4.82. The molecule has 2 aromatic heterocycles. The largest absolute Gasteiger partial charge is 0.476 e. The number of aliphatic hydroxyl groups is 1. The molecule has 1 saturated carbocycles. The van der Waals surface area contributed by atoms with Gasteiger partial charge in [-0.1, -0.05) is 0 Å². The van der Waals surface area contributed by atoms with Gasteiger partial charge in [-0.05, 0) is 25.7 Å². The number of nitrogens with two attached hydrogens (primary N) is 1. The standard InChI is InChI=1S/C12H17N5O2/c1-2-19-11-9-10(15-12(13)16-11)17(6-14-9)8-3-7(4-8)5-18/h6-8,18H,2-5H2,1H3,(H2,13,15,16). The summed E-state index contributed by atoms with van der Waals surface area (Å²) in [7, 11) is 0. The Morgan fingerprint density at radius 1 is 1.47 bits per heavy atom. The first-order valence-electron chi connectivity index (χ1n) is 6.46. The minimum absolute atomic E-state index is 0.190. The Bertz CT molecular complexity index is 591. The van der Waals surface area contributed by atoms with Crippen molar-refractivity contribution in [1.29, 1.82) is 0 Å². The summed E-state index contributed by atoms with van der Waals surface area (Å²) in [6.07, 6.45) is 3.63. The maximum atomic E-state index is 9.08. The van der Waals surface area contributed by atoms with E-state index in [4.69, 9.17) is 15.6 Å². The van der Waals surface area contributed by atoms with Crippen LogP contribution in [0.2, 0.25) is 0 Å². The van der Waals surface area contributed by atoms with Crippen LogP contribution in [-0.2, 0) is 0 Å². The Kier molecular flexibility index (Phi) is 2.98. The van der Waals surface area contributed by atoms with Crippen molar-refractivity contribution in [3.8, 4) is 5.88 Å². The van der Waals surface area contributed by atoms with Gasteiger partial charge < -0.3 is 20.1 Å². The molecule has 0 radical (unpaired) electrons. The number of imidazole rings is 1. The van der Waals surface area contributed by atoms with Gasteiger partial charge in [0.2, 0.25) is 11.8 Å². The van der Waals surface area contributed by atoms with E-state index in [1.54, 1.807) is 6.33 Å². The first kappa shape index (κ1) is 12.2. The Morgan fingerprint density at radius 2 is 2.26 bits per heavy atom. The molecule has 2 aromatic rings. The summed E-state index contributed by atoms with van der Waals surface area (Å²) < 4.78 is 7.44. The van der Waals surface area contributed by atoms with Crippen LogP contribution in [0.5, 0.6) is 5.88 Å². The minimum atomic E-state index is 0.190. The van der Waals surface area contributed by atoms with E-state index in [0.29, 0.717) is 35.6 Å². The van der Waals surface area contributed by atoms with Crippen LogP contribution in [0.3, 0.4) is 0 Å². The van der Waals surface area contributed by atoms with Crippen LogP contribution in [0.25, 0.3) is 11.2 Å². The van der Waals surface area contributed by atoms with Crippen molar-refractivity contribution in [2.45, 2.75) is 25.8 Å². The smallest absolute Gasteiger partial charge is 0.247 e. The van der Waals surface area contributed by atoms with Gasteiger partial charge in [-0.2, -0.15) is 9.97 Å². The highest BCUT2D eigenvalue weighted by Crippen LogP contribution is 2.39. The first-order chi connectivity index (χ1) is 9.22. The average Bonchev–Trinajstić information content (AvgIpc) is 2.72.